The summed E-state index contributed by atoms with van der Waals surface area (Å²) in [6.07, 6.45) is -5.13. The molecular formula is C8H2BrF7. The van der Waals surface area contributed by atoms with E-state index >= 15 is 0 Å². The van der Waals surface area contributed by atoms with Gasteiger partial charge < -0.3 is 0 Å². The van der Waals surface area contributed by atoms with Crippen LogP contribution in [0.15, 0.2) is 12.1 Å². The van der Waals surface area contributed by atoms with Crippen molar-refractivity contribution in [2.75, 3.05) is 0 Å². The first kappa shape index (κ1) is 13.3. The summed E-state index contributed by atoms with van der Waals surface area (Å²) < 4.78 is 87.0. The van der Waals surface area contributed by atoms with Gasteiger partial charge in [-0.15, -0.1) is 0 Å². The van der Waals surface area contributed by atoms with Crippen LogP contribution in [0, 0.1) is 11.6 Å². The zero-order valence-electron chi connectivity index (χ0n) is 7.18. The molecule has 0 bridgehead atoms. The average molecular weight is 311 g/mol. The van der Waals surface area contributed by atoms with Gasteiger partial charge in [-0.1, -0.05) is 0 Å². The Labute approximate surface area is 93.2 Å². The van der Waals surface area contributed by atoms with E-state index in [4.69, 9.17) is 0 Å². The number of benzene rings is 1. The highest BCUT2D eigenvalue weighted by Crippen LogP contribution is 2.40. The maximum Gasteiger partial charge on any atom is 0.419 e. The summed E-state index contributed by atoms with van der Waals surface area (Å²) in [5, 5.41) is 0. The number of halogens is 8. The molecular weight excluding hydrogens is 309 g/mol. The molecule has 0 N–H and O–H groups in total. The Morgan fingerprint density at radius 3 is 1.56 bits per heavy atom. The molecule has 1 aromatic rings. The van der Waals surface area contributed by atoms with Gasteiger partial charge in [-0.3, -0.25) is 0 Å². The summed E-state index contributed by atoms with van der Waals surface area (Å²) in [4.78, 5) is -3.93. The molecule has 0 spiro atoms. The van der Waals surface area contributed by atoms with Crippen LogP contribution in [0.25, 0.3) is 0 Å². The highest BCUT2D eigenvalue weighted by molar-refractivity contribution is 9.09. The number of hydrogen-bond acceptors (Lipinski definition) is 0. The summed E-state index contributed by atoms with van der Waals surface area (Å²) in [5.74, 6) is -4.57. The van der Waals surface area contributed by atoms with Crippen molar-refractivity contribution in [3.05, 3.63) is 34.9 Å². The van der Waals surface area contributed by atoms with Crippen molar-refractivity contribution in [2.24, 2.45) is 0 Å². The zero-order chi connectivity index (χ0) is 12.7. The standard InChI is InChI=1S/C8H2BrF7/c9-7(12,13)3-1-2-4(8(14,15)16)6(11)5(3)10/h1-2H. The summed E-state index contributed by atoms with van der Waals surface area (Å²) in [5.41, 5.74) is -3.41. The van der Waals surface area contributed by atoms with Gasteiger partial charge in [0, 0.05) is 0 Å². The molecule has 0 radical (unpaired) electrons. The van der Waals surface area contributed by atoms with Crippen LogP contribution < -0.4 is 0 Å². The highest BCUT2D eigenvalue weighted by Gasteiger charge is 2.39. The summed E-state index contributed by atoms with van der Waals surface area (Å²) >= 11 is 1.73. The van der Waals surface area contributed by atoms with Crippen LogP contribution in [0.5, 0.6) is 0 Å². The monoisotopic (exact) mass is 310 g/mol. The van der Waals surface area contributed by atoms with Crippen LogP contribution in [-0.2, 0) is 11.0 Å². The fourth-order valence-electron chi connectivity index (χ4n) is 0.987. The highest BCUT2D eigenvalue weighted by atomic mass is 79.9. The van der Waals surface area contributed by atoms with E-state index in [1.54, 1.807) is 15.9 Å². The van der Waals surface area contributed by atoms with Gasteiger partial charge in [0.1, 0.15) is 0 Å². The number of hydrogen-bond donors (Lipinski definition) is 0. The summed E-state index contributed by atoms with van der Waals surface area (Å²) in [7, 11) is 0. The lowest BCUT2D eigenvalue weighted by atomic mass is 10.1. The first-order valence-electron chi connectivity index (χ1n) is 3.67. The SMILES string of the molecule is Fc1c(C(F)(F)F)ccc(C(F)(F)Br)c1F. The van der Waals surface area contributed by atoms with E-state index in [1.165, 1.54) is 0 Å². The fraction of sp³-hybridized carbons (Fsp3) is 0.250. The Hall–Kier alpha value is -0.790. The van der Waals surface area contributed by atoms with E-state index in [0.29, 0.717) is 0 Å². The molecule has 0 saturated carbocycles. The normalized spacial score (nSPS) is 13.0. The third kappa shape index (κ3) is 2.47. The van der Waals surface area contributed by atoms with Crippen LogP contribution >= 0.6 is 15.9 Å². The van der Waals surface area contributed by atoms with E-state index in [0.717, 1.165) is 0 Å². The van der Waals surface area contributed by atoms with Crippen molar-refractivity contribution in [2.45, 2.75) is 11.0 Å². The lowest BCUT2D eigenvalue weighted by molar-refractivity contribution is -0.140. The van der Waals surface area contributed by atoms with Gasteiger partial charge in [-0.25, -0.2) is 8.78 Å². The van der Waals surface area contributed by atoms with Crippen LogP contribution in [0.1, 0.15) is 11.1 Å². The van der Waals surface area contributed by atoms with E-state index < -0.39 is 33.8 Å². The van der Waals surface area contributed by atoms with Gasteiger partial charge in [-0.05, 0) is 28.1 Å². The number of rotatable bonds is 1. The van der Waals surface area contributed by atoms with E-state index in [-0.39, 0.29) is 12.1 Å². The predicted octanol–water partition coefficient (Wildman–Crippen LogP) is 4.43. The molecule has 0 amide bonds. The fourth-order valence-corrected chi connectivity index (χ4v) is 1.29. The Balaban J connectivity index is 3.41. The van der Waals surface area contributed by atoms with Crippen LogP contribution in [-0.4, -0.2) is 0 Å². The molecule has 0 nitrogen and oxygen atoms in total. The van der Waals surface area contributed by atoms with Crippen molar-refractivity contribution >= 4 is 15.9 Å². The summed E-state index contributed by atoms with van der Waals surface area (Å²) in [6.45, 7) is 0. The predicted molar refractivity (Wildman–Crippen MR) is 44.2 cm³/mol. The van der Waals surface area contributed by atoms with Crippen molar-refractivity contribution in [1.29, 1.82) is 0 Å². The first-order valence-corrected chi connectivity index (χ1v) is 4.47. The number of alkyl halides is 6. The minimum atomic E-state index is -5.13. The molecule has 0 fully saturated rings. The quantitative estimate of drug-likeness (QED) is 0.532. The second-order valence-corrected chi connectivity index (χ2v) is 3.78. The molecule has 0 atom stereocenters. The maximum absolute atomic E-state index is 12.9. The second-order valence-electron chi connectivity index (χ2n) is 2.78. The molecule has 0 aliphatic rings. The van der Waals surface area contributed by atoms with Crippen LogP contribution in [0.4, 0.5) is 30.7 Å². The molecule has 0 heterocycles. The van der Waals surface area contributed by atoms with Gasteiger partial charge in [0.2, 0.25) is 0 Å². The molecule has 16 heavy (non-hydrogen) atoms. The Kier molecular flexibility index (Phi) is 3.24. The Morgan fingerprint density at radius 1 is 0.812 bits per heavy atom. The van der Waals surface area contributed by atoms with Gasteiger partial charge in [0.15, 0.2) is 11.6 Å². The topological polar surface area (TPSA) is 0 Å². The first-order chi connectivity index (χ1) is 7.05. The largest absolute Gasteiger partial charge is 0.419 e. The van der Waals surface area contributed by atoms with Gasteiger partial charge in [-0.2, -0.15) is 22.0 Å². The van der Waals surface area contributed by atoms with Gasteiger partial charge in [0.25, 0.3) is 0 Å². The molecule has 0 aliphatic carbocycles. The average Bonchev–Trinajstić information content (AvgIpc) is 2.05. The van der Waals surface area contributed by atoms with E-state index in [1.807, 2.05) is 0 Å². The molecule has 1 rings (SSSR count). The molecule has 0 unspecified atom stereocenters. The lowest BCUT2D eigenvalue weighted by Crippen LogP contribution is -2.14. The maximum atomic E-state index is 12.9. The van der Waals surface area contributed by atoms with Crippen molar-refractivity contribution < 1.29 is 30.7 Å². The van der Waals surface area contributed by atoms with Crippen molar-refractivity contribution in [3.63, 3.8) is 0 Å². The van der Waals surface area contributed by atoms with Crippen LogP contribution in [0.3, 0.4) is 0 Å². The summed E-state index contributed by atoms with van der Waals surface area (Å²) in [6, 6.07) is 0.235. The lowest BCUT2D eigenvalue weighted by Gasteiger charge is -2.13. The molecule has 90 valence electrons. The third-order valence-electron chi connectivity index (χ3n) is 1.69. The minimum Gasteiger partial charge on any atom is -0.203 e. The van der Waals surface area contributed by atoms with E-state index in [2.05, 4.69) is 0 Å². The Bertz CT molecular complexity index is 365. The second kappa shape index (κ2) is 3.90. The van der Waals surface area contributed by atoms with Crippen molar-refractivity contribution in [3.8, 4) is 0 Å². The minimum absolute atomic E-state index is 0.0584. The smallest absolute Gasteiger partial charge is 0.203 e. The third-order valence-corrected chi connectivity index (χ3v) is 2.12. The molecule has 1 aromatic carbocycles. The zero-order valence-corrected chi connectivity index (χ0v) is 8.76. The van der Waals surface area contributed by atoms with Gasteiger partial charge >= 0.3 is 11.0 Å². The Morgan fingerprint density at radius 2 is 1.19 bits per heavy atom. The van der Waals surface area contributed by atoms with Crippen LogP contribution in [0.2, 0.25) is 0 Å². The molecule has 8 heteroatoms. The molecule has 0 aliphatic heterocycles. The molecule has 0 aromatic heterocycles. The van der Waals surface area contributed by atoms with Gasteiger partial charge in [0.05, 0.1) is 11.1 Å². The molecule has 0 saturated heterocycles. The van der Waals surface area contributed by atoms with E-state index in [9.17, 15) is 30.7 Å². The van der Waals surface area contributed by atoms with Crippen molar-refractivity contribution in [1.82, 2.24) is 0 Å².